The molecule has 0 radical (unpaired) electrons. The van der Waals surface area contributed by atoms with Gasteiger partial charge >= 0.3 is 0 Å². The van der Waals surface area contributed by atoms with E-state index < -0.39 is 0 Å². The van der Waals surface area contributed by atoms with Gasteiger partial charge in [0.25, 0.3) is 0 Å². The number of ether oxygens (including phenoxy) is 2. The molecule has 0 atom stereocenters. The van der Waals surface area contributed by atoms with Gasteiger partial charge in [-0.3, -0.25) is 0 Å². The van der Waals surface area contributed by atoms with Crippen molar-refractivity contribution in [3.05, 3.63) is 23.4 Å². The van der Waals surface area contributed by atoms with E-state index in [4.69, 9.17) is 21.1 Å². The van der Waals surface area contributed by atoms with Crippen LogP contribution in [0.4, 0.5) is 0 Å². The quantitative estimate of drug-likeness (QED) is 0.532. The first-order valence-electron chi connectivity index (χ1n) is 5.16. The number of pyridine rings is 1. The zero-order valence-corrected chi connectivity index (χ0v) is 9.67. The maximum Gasteiger partial charge on any atom is 0.214 e. The van der Waals surface area contributed by atoms with E-state index >= 15 is 0 Å². The predicted molar refractivity (Wildman–Crippen MR) is 60.5 cm³/mol. The summed E-state index contributed by atoms with van der Waals surface area (Å²) in [6.07, 6.45) is 2.24. The molecule has 1 aromatic rings. The van der Waals surface area contributed by atoms with E-state index in [2.05, 4.69) is 11.9 Å². The molecule has 0 aromatic carbocycles. The number of nitrogens with zero attached hydrogens (tertiary/aromatic N) is 1. The van der Waals surface area contributed by atoms with Gasteiger partial charge in [-0.25, -0.2) is 4.98 Å². The smallest absolute Gasteiger partial charge is 0.214 e. The molecule has 0 aliphatic carbocycles. The van der Waals surface area contributed by atoms with Gasteiger partial charge in [0, 0.05) is 12.7 Å². The first-order chi connectivity index (χ1) is 7.33. The summed E-state index contributed by atoms with van der Waals surface area (Å²) in [7, 11) is 0. The van der Waals surface area contributed by atoms with Crippen LogP contribution in [0.2, 0.25) is 5.15 Å². The summed E-state index contributed by atoms with van der Waals surface area (Å²) < 4.78 is 10.7. The van der Waals surface area contributed by atoms with Gasteiger partial charge in [0.1, 0.15) is 11.8 Å². The SMILES string of the molecule is CCCCOCCOc1cccc(Cl)n1. The molecular formula is C11H16ClNO2. The Balaban J connectivity index is 2.10. The minimum atomic E-state index is 0.444. The topological polar surface area (TPSA) is 31.4 Å². The van der Waals surface area contributed by atoms with Gasteiger partial charge in [-0.15, -0.1) is 0 Å². The summed E-state index contributed by atoms with van der Waals surface area (Å²) in [4.78, 5) is 3.99. The molecule has 1 rings (SSSR count). The highest BCUT2D eigenvalue weighted by Crippen LogP contribution is 2.10. The van der Waals surface area contributed by atoms with Crippen molar-refractivity contribution in [1.29, 1.82) is 0 Å². The lowest BCUT2D eigenvalue weighted by atomic mass is 10.4. The first kappa shape index (κ1) is 12.3. The molecule has 0 aliphatic heterocycles. The fourth-order valence-electron chi connectivity index (χ4n) is 1.02. The van der Waals surface area contributed by atoms with Crippen molar-refractivity contribution < 1.29 is 9.47 Å². The van der Waals surface area contributed by atoms with E-state index in [1.54, 1.807) is 12.1 Å². The van der Waals surface area contributed by atoms with Crippen molar-refractivity contribution in [3.63, 3.8) is 0 Å². The normalized spacial score (nSPS) is 10.3. The Morgan fingerprint density at radius 2 is 2.13 bits per heavy atom. The van der Waals surface area contributed by atoms with Gasteiger partial charge in [-0.2, -0.15) is 0 Å². The molecule has 4 heteroatoms. The van der Waals surface area contributed by atoms with Gasteiger partial charge in [0.15, 0.2) is 0 Å². The van der Waals surface area contributed by atoms with Crippen molar-refractivity contribution in [2.75, 3.05) is 19.8 Å². The summed E-state index contributed by atoms with van der Waals surface area (Å²) in [5.41, 5.74) is 0. The third kappa shape index (κ3) is 5.60. The highest BCUT2D eigenvalue weighted by atomic mass is 35.5. The molecule has 0 N–H and O–H groups in total. The van der Waals surface area contributed by atoms with Crippen LogP contribution in [-0.2, 0) is 4.74 Å². The van der Waals surface area contributed by atoms with Crippen molar-refractivity contribution in [1.82, 2.24) is 4.98 Å². The second-order valence-corrected chi connectivity index (χ2v) is 3.50. The molecular weight excluding hydrogens is 214 g/mol. The van der Waals surface area contributed by atoms with E-state index in [-0.39, 0.29) is 0 Å². The van der Waals surface area contributed by atoms with Crippen LogP contribution in [0.15, 0.2) is 18.2 Å². The van der Waals surface area contributed by atoms with Gasteiger partial charge in [-0.05, 0) is 12.5 Å². The van der Waals surface area contributed by atoms with E-state index in [0.717, 1.165) is 19.4 Å². The monoisotopic (exact) mass is 229 g/mol. The Morgan fingerprint density at radius 3 is 2.87 bits per heavy atom. The maximum absolute atomic E-state index is 5.70. The second-order valence-electron chi connectivity index (χ2n) is 3.11. The minimum absolute atomic E-state index is 0.444. The third-order valence-corrected chi connectivity index (χ3v) is 2.02. The van der Waals surface area contributed by atoms with E-state index in [0.29, 0.717) is 24.2 Å². The van der Waals surface area contributed by atoms with Crippen LogP contribution < -0.4 is 4.74 Å². The molecule has 0 unspecified atom stereocenters. The molecule has 15 heavy (non-hydrogen) atoms. The molecule has 0 saturated carbocycles. The van der Waals surface area contributed by atoms with Crippen LogP contribution in [0.5, 0.6) is 5.88 Å². The number of rotatable bonds is 7. The molecule has 1 heterocycles. The summed E-state index contributed by atoms with van der Waals surface area (Å²) in [6.45, 7) is 4.03. The van der Waals surface area contributed by atoms with E-state index in [9.17, 15) is 0 Å². The number of hydrogen-bond donors (Lipinski definition) is 0. The lowest BCUT2D eigenvalue weighted by Crippen LogP contribution is -2.08. The number of hydrogen-bond acceptors (Lipinski definition) is 3. The number of halogens is 1. The van der Waals surface area contributed by atoms with Crippen LogP contribution in [-0.4, -0.2) is 24.8 Å². The molecule has 0 amide bonds. The number of unbranched alkanes of at least 4 members (excludes halogenated alkanes) is 1. The highest BCUT2D eigenvalue weighted by Gasteiger charge is 1.95. The average molecular weight is 230 g/mol. The Hall–Kier alpha value is -0.800. The summed E-state index contributed by atoms with van der Waals surface area (Å²) in [6, 6.07) is 5.30. The van der Waals surface area contributed by atoms with Gasteiger partial charge in [-0.1, -0.05) is 31.0 Å². The molecule has 0 fully saturated rings. The van der Waals surface area contributed by atoms with Gasteiger partial charge in [0.2, 0.25) is 5.88 Å². The molecule has 0 aliphatic rings. The zero-order valence-electron chi connectivity index (χ0n) is 8.91. The molecule has 0 bridgehead atoms. The highest BCUT2D eigenvalue weighted by molar-refractivity contribution is 6.29. The molecule has 1 aromatic heterocycles. The zero-order chi connectivity index (χ0) is 10.9. The minimum Gasteiger partial charge on any atom is -0.475 e. The van der Waals surface area contributed by atoms with Crippen molar-refractivity contribution in [3.8, 4) is 5.88 Å². The van der Waals surface area contributed by atoms with Crippen LogP contribution >= 0.6 is 11.6 Å². The molecule has 0 saturated heterocycles. The fourth-order valence-corrected chi connectivity index (χ4v) is 1.18. The number of aromatic nitrogens is 1. The maximum atomic E-state index is 5.70. The van der Waals surface area contributed by atoms with Crippen molar-refractivity contribution in [2.45, 2.75) is 19.8 Å². The lowest BCUT2D eigenvalue weighted by Gasteiger charge is -2.05. The Morgan fingerprint density at radius 1 is 1.27 bits per heavy atom. The Kier molecular flexibility index (Phi) is 6.12. The largest absolute Gasteiger partial charge is 0.475 e. The van der Waals surface area contributed by atoms with Crippen LogP contribution in [0.1, 0.15) is 19.8 Å². The standard InChI is InChI=1S/C11H16ClNO2/c1-2-3-7-14-8-9-15-11-6-4-5-10(12)13-11/h4-6H,2-3,7-9H2,1H3. The van der Waals surface area contributed by atoms with Crippen LogP contribution in [0.25, 0.3) is 0 Å². The fraction of sp³-hybridized carbons (Fsp3) is 0.545. The molecule has 84 valence electrons. The van der Waals surface area contributed by atoms with Crippen molar-refractivity contribution in [2.24, 2.45) is 0 Å². The summed E-state index contributed by atoms with van der Waals surface area (Å²) >= 11 is 5.70. The molecule has 3 nitrogen and oxygen atoms in total. The first-order valence-corrected chi connectivity index (χ1v) is 5.54. The Labute approximate surface area is 95.4 Å². The van der Waals surface area contributed by atoms with E-state index in [1.165, 1.54) is 0 Å². The van der Waals surface area contributed by atoms with Gasteiger partial charge < -0.3 is 9.47 Å². The third-order valence-electron chi connectivity index (χ3n) is 1.81. The van der Waals surface area contributed by atoms with Gasteiger partial charge in [0.05, 0.1) is 6.61 Å². The summed E-state index contributed by atoms with van der Waals surface area (Å²) in [5, 5.41) is 0.444. The van der Waals surface area contributed by atoms with Crippen LogP contribution in [0, 0.1) is 0 Å². The van der Waals surface area contributed by atoms with E-state index in [1.807, 2.05) is 6.07 Å². The van der Waals surface area contributed by atoms with Crippen LogP contribution in [0.3, 0.4) is 0 Å². The second kappa shape index (κ2) is 7.49. The lowest BCUT2D eigenvalue weighted by molar-refractivity contribution is 0.0965. The average Bonchev–Trinajstić information content (AvgIpc) is 2.23. The molecule has 0 spiro atoms. The summed E-state index contributed by atoms with van der Waals surface area (Å²) in [5.74, 6) is 0.543. The predicted octanol–water partition coefficient (Wildman–Crippen LogP) is 2.93. The Bertz CT molecular complexity index is 281. The van der Waals surface area contributed by atoms with Crippen molar-refractivity contribution >= 4 is 11.6 Å².